The summed E-state index contributed by atoms with van der Waals surface area (Å²) in [4.78, 5) is 34.3. The first-order valence-electron chi connectivity index (χ1n) is 6.53. The number of allylic oxidation sites excluding steroid dienone is 2. The molecule has 22 heavy (non-hydrogen) atoms. The van der Waals surface area contributed by atoms with Crippen molar-refractivity contribution in [2.24, 2.45) is 5.92 Å². The Morgan fingerprint density at radius 3 is 2.68 bits per heavy atom. The normalized spacial score (nSPS) is 21.0. The van der Waals surface area contributed by atoms with Gasteiger partial charge in [-0.2, -0.15) is 5.26 Å². The van der Waals surface area contributed by atoms with E-state index in [0.717, 1.165) is 0 Å². The number of carbonyl (C=O) groups excluding carboxylic acids is 2. The average Bonchev–Trinajstić information content (AvgIpc) is 2.46. The van der Waals surface area contributed by atoms with Crippen LogP contribution in [0.3, 0.4) is 0 Å². The molecule has 7 heteroatoms. The number of nitrogens with zero attached hydrogens (tertiary/aromatic N) is 2. The van der Waals surface area contributed by atoms with E-state index < -0.39 is 22.7 Å². The van der Waals surface area contributed by atoms with Crippen LogP contribution in [0, 0.1) is 27.4 Å². The molecule has 0 saturated heterocycles. The lowest BCUT2D eigenvalue weighted by molar-refractivity contribution is -0.384. The smallest absolute Gasteiger partial charge is 0.269 e. The summed E-state index contributed by atoms with van der Waals surface area (Å²) in [5, 5.41) is 22.7. The van der Waals surface area contributed by atoms with Gasteiger partial charge >= 0.3 is 0 Å². The van der Waals surface area contributed by atoms with Crippen molar-refractivity contribution in [3.8, 4) is 6.07 Å². The molecule has 7 nitrogen and oxygen atoms in total. The molecule has 0 spiro atoms. The molecule has 1 aliphatic rings. The summed E-state index contributed by atoms with van der Waals surface area (Å²) in [6.07, 6.45) is 0. The molecular weight excluding hydrogens is 286 g/mol. The average molecular weight is 299 g/mol. The molecule has 1 aromatic carbocycles. The van der Waals surface area contributed by atoms with E-state index in [0.29, 0.717) is 16.8 Å². The molecule has 1 amide bonds. The maximum Gasteiger partial charge on any atom is 0.269 e. The molecule has 1 aliphatic heterocycles. The largest absolute Gasteiger partial charge is 0.328 e. The van der Waals surface area contributed by atoms with Gasteiger partial charge < -0.3 is 5.32 Å². The molecule has 0 unspecified atom stereocenters. The van der Waals surface area contributed by atoms with Crippen molar-refractivity contribution in [1.82, 2.24) is 5.32 Å². The highest BCUT2D eigenvalue weighted by molar-refractivity contribution is 6.00. The predicted octanol–water partition coefficient (Wildman–Crippen LogP) is 1.81. The van der Waals surface area contributed by atoms with Gasteiger partial charge in [0.2, 0.25) is 5.91 Å². The van der Waals surface area contributed by atoms with E-state index in [1.807, 2.05) is 6.07 Å². The number of nitriles is 1. The van der Waals surface area contributed by atoms with E-state index in [1.54, 1.807) is 13.0 Å². The number of hydrogen-bond acceptors (Lipinski definition) is 5. The third-order valence-corrected chi connectivity index (χ3v) is 3.60. The number of nitro groups is 1. The van der Waals surface area contributed by atoms with Gasteiger partial charge in [0.05, 0.1) is 11.0 Å². The first kappa shape index (κ1) is 15.4. The van der Waals surface area contributed by atoms with Gasteiger partial charge in [-0.25, -0.2) is 0 Å². The Morgan fingerprint density at radius 1 is 1.45 bits per heavy atom. The second kappa shape index (κ2) is 5.77. The zero-order valence-electron chi connectivity index (χ0n) is 12.0. The molecule has 112 valence electrons. The predicted molar refractivity (Wildman–Crippen MR) is 76.5 cm³/mol. The van der Waals surface area contributed by atoms with E-state index in [4.69, 9.17) is 0 Å². The second-order valence-electron chi connectivity index (χ2n) is 5.02. The van der Waals surface area contributed by atoms with Crippen molar-refractivity contribution >= 4 is 17.4 Å². The fourth-order valence-electron chi connectivity index (χ4n) is 2.69. The number of hydrogen-bond donors (Lipinski definition) is 1. The summed E-state index contributed by atoms with van der Waals surface area (Å²) < 4.78 is 0. The van der Waals surface area contributed by atoms with Crippen molar-refractivity contribution in [2.75, 3.05) is 0 Å². The molecule has 2 rings (SSSR count). The summed E-state index contributed by atoms with van der Waals surface area (Å²) in [7, 11) is 0. The SMILES string of the molecule is CC(=O)C1=C(C)NC(=O)[C@@H](C#N)[C@H]1c1cccc([N+](=O)[O-])c1. The Kier molecular flexibility index (Phi) is 4.04. The molecule has 0 radical (unpaired) electrons. The topological polar surface area (TPSA) is 113 Å². The van der Waals surface area contributed by atoms with Gasteiger partial charge in [0.15, 0.2) is 5.78 Å². The molecule has 0 fully saturated rings. The maximum absolute atomic E-state index is 12.0. The number of Topliss-reactive ketones (excluding diaryl/α,β-unsaturated/α-hetero) is 1. The fraction of sp³-hybridized carbons (Fsp3) is 0.267. The Morgan fingerprint density at radius 2 is 2.14 bits per heavy atom. The minimum absolute atomic E-state index is 0.152. The van der Waals surface area contributed by atoms with E-state index in [-0.39, 0.29) is 11.5 Å². The summed E-state index contributed by atoms with van der Waals surface area (Å²) in [5.41, 5.74) is 0.924. The lowest BCUT2D eigenvalue weighted by Gasteiger charge is -2.30. The Balaban J connectivity index is 2.66. The van der Waals surface area contributed by atoms with Gasteiger partial charge in [0.25, 0.3) is 5.69 Å². The minimum Gasteiger partial charge on any atom is -0.328 e. The van der Waals surface area contributed by atoms with Crippen molar-refractivity contribution in [2.45, 2.75) is 19.8 Å². The van der Waals surface area contributed by atoms with E-state index in [1.165, 1.54) is 25.1 Å². The van der Waals surface area contributed by atoms with Crippen LogP contribution in [0.5, 0.6) is 0 Å². The minimum atomic E-state index is -1.11. The van der Waals surface area contributed by atoms with Crippen LogP contribution >= 0.6 is 0 Å². The summed E-state index contributed by atoms with van der Waals surface area (Å²) in [6.45, 7) is 2.92. The van der Waals surface area contributed by atoms with Crippen LogP contribution < -0.4 is 5.32 Å². The Labute approximate surface area is 126 Å². The lowest BCUT2D eigenvalue weighted by atomic mass is 9.76. The Hall–Kier alpha value is -3.01. The number of benzene rings is 1. The van der Waals surface area contributed by atoms with E-state index in [2.05, 4.69) is 5.32 Å². The third kappa shape index (κ3) is 2.59. The molecule has 0 bridgehead atoms. The monoisotopic (exact) mass is 299 g/mol. The van der Waals surface area contributed by atoms with Crippen molar-refractivity contribution < 1.29 is 14.5 Å². The number of nitro benzene ring substituents is 1. The highest BCUT2D eigenvalue weighted by Gasteiger charge is 2.39. The number of rotatable bonds is 3. The fourth-order valence-corrected chi connectivity index (χ4v) is 2.69. The van der Waals surface area contributed by atoms with Gasteiger partial charge in [0.1, 0.15) is 5.92 Å². The summed E-state index contributed by atoms with van der Waals surface area (Å²) in [5.74, 6) is -2.71. The number of amides is 1. The third-order valence-electron chi connectivity index (χ3n) is 3.60. The van der Waals surface area contributed by atoms with Gasteiger partial charge in [0, 0.05) is 29.3 Å². The highest BCUT2D eigenvalue weighted by atomic mass is 16.6. The van der Waals surface area contributed by atoms with Gasteiger partial charge in [-0.3, -0.25) is 19.7 Å². The van der Waals surface area contributed by atoms with Crippen LogP contribution in [-0.4, -0.2) is 16.6 Å². The molecule has 1 N–H and O–H groups in total. The zero-order chi connectivity index (χ0) is 16.4. The summed E-state index contributed by atoms with van der Waals surface area (Å²) in [6, 6.07) is 7.55. The van der Waals surface area contributed by atoms with Gasteiger partial charge in [-0.05, 0) is 19.4 Å². The van der Waals surface area contributed by atoms with Gasteiger partial charge in [-0.1, -0.05) is 12.1 Å². The molecule has 0 aliphatic carbocycles. The molecular formula is C15H13N3O4. The van der Waals surface area contributed by atoms with Crippen LogP contribution in [-0.2, 0) is 9.59 Å². The number of ketones is 1. The van der Waals surface area contributed by atoms with Crippen LogP contribution in [0.4, 0.5) is 5.69 Å². The first-order chi connectivity index (χ1) is 10.4. The summed E-state index contributed by atoms with van der Waals surface area (Å²) >= 11 is 0. The van der Waals surface area contributed by atoms with Crippen LogP contribution in [0.15, 0.2) is 35.5 Å². The number of carbonyl (C=O) groups is 2. The number of non-ortho nitro benzene ring substituents is 1. The zero-order valence-corrected chi connectivity index (χ0v) is 12.0. The maximum atomic E-state index is 12.0. The van der Waals surface area contributed by atoms with Crippen molar-refractivity contribution in [1.29, 1.82) is 5.26 Å². The standard InChI is InChI=1S/C15H13N3O4/c1-8-13(9(2)19)14(12(7-16)15(20)17-8)10-4-3-5-11(6-10)18(21)22/h3-6,12,14H,1-2H3,(H,17,20)/t12-,14+/m0/s1. The molecule has 0 saturated carbocycles. The van der Waals surface area contributed by atoms with Crippen molar-refractivity contribution in [3.05, 3.63) is 51.2 Å². The van der Waals surface area contributed by atoms with Gasteiger partial charge in [-0.15, -0.1) is 0 Å². The first-order valence-corrected chi connectivity index (χ1v) is 6.53. The van der Waals surface area contributed by atoms with Crippen LogP contribution in [0.25, 0.3) is 0 Å². The Bertz CT molecular complexity index is 745. The lowest BCUT2D eigenvalue weighted by Crippen LogP contribution is -2.40. The highest BCUT2D eigenvalue weighted by Crippen LogP contribution is 2.38. The van der Waals surface area contributed by atoms with Crippen LogP contribution in [0.2, 0.25) is 0 Å². The quantitative estimate of drug-likeness (QED) is 0.675. The molecule has 1 heterocycles. The molecule has 1 aromatic rings. The van der Waals surface area contributed by atoms with E-state index in [9.17, 15) is 25.0 Å². The van der Waals surface area contributed by atoms with Crippen molar-refractivity contribution in [3.63, 3.8) is 0 Å². The number of nitrogens with one attached hydrogen (secondary N) is 1. The molecule has 2 atom stereocenters. The van der Waals surface area contributed by atoms with Crippen LogP contribution in [0.1, 0.15) is 25.3 Å². The second-order valence-corrected chi connectivity index (χ2v) is 5.02. The molecule has 0 aromatic heterocycles. The van der Waals surface area contributed by atoms with E-state index >= 15 is 0 Å².